The molecule has 0 saturated carbocycles. The van der Waals surface area contributed by atoms with Gasteiger partial charge in [-0.3, -0.25) is 10.1 Å². The van der Waals surface area contributed by atoms with Crippen LogP contribution in [0.5, 0.6) is 11.5 Å². The Morgan fingerprint density at radius 2 is 1.88 bits per heavy atom. The van der Waals surface area contributed by atoms with Crippen LogP contribution < -0.4 is 4.74 Å². The second kappa shape index (κ2) is 9.00. The normalized spacial score (nSPS) is 13.2. The summed E-state index contributed by atoms with van der Waals surface area (Å²) in [6.45, 7) is -0.701. The smallest absolute Gasteiger partial charge is 0.213 e. The van der Waals surface area contributed by atoms with E-state index >= 15 is 0 Å². The Morgan fingerprint density at radius 3 is 2.48 bits per heavy atom. The number of rotatable bonds is 9. The van der Waals surface area contributed by atoms with Gasteiger partial charge < -0.3 is 19.7 Å². The topological polar surface area (TPSA) is 102 Å². The van der Waals surface area contributed by atoms with Gasteiger partial charge in [-0.05, 0) is 11.6 Å². The van der Waals surface area contributed by atoms with Crippen LogP contribution in [0.4, 0.5) is 0 Å². The van der Waals surface area contributed by atoms with Crippen molar-refractivity contribution in [1.82, 2.24) is 0 Å². The molecule has 0 unspecified atom stereocenters. The summed E-state index contributed by atoms with van der Waals surface area (Å²) >= 11 is 0. The molecule has 0 aliphatic heterocycles. The van der Waals surface area contributed by atoms with Crippen LogP contribution in [0.25, 0.3) is 0 Å². The SMILES string of the molecule is COc1cccc([C@H](C[N+](=O)[O-])[C@@H](CO)OCc2ccccc2)c1O. The molecule has 0 heterocycles. The molecule has 0 fully saturated rings. The van der Waals surface area contributed by atoms with E-state index in [9.17, 15) is 20.3 Å². The van der Waals surface area contributed by atoms with Crippen molar-refractivity contribution in [3.05, 3.63) is 69.8 Å². The van der Waals surface area contributed by atoms with E-state index in [4.69, 9.17) is 9.47 Å². The maximum absolute atomic E-state index is 11.1. The summed E-state index contributed by atoms with van der Waals surface area (Å²) < 4.78 is 10.8. The van der Waals surface area contributed by atoms with Gasteiger partial charge in [-0.1, -0.05) is 42.5 Å². The zero-order valence-electron chi connectivity index (χ0n) is 13.9. The molecule has 0 amide bonds. The number of aliphatic hydroxyl groups excluding tert-OH is 1. The maximum atomic E-state index is 11.1. The van der Waals surface area contributed by atoms with Gasteiger partial charge in [0.05, 0.1) is 32.3 Å². The summed E-state index contributed by atoms with van der Waals surface area (Å²) in [5.74, 6) is -0.789. The summed E-state index contributed by atoms with van der Waals surface area (Å²) in [5, 5.41) is 31.1. The van der Waals surface area contributed by atoms with Gasteiger partial charge in [-0.25, -0.2) is 0 Å². The predicted octanol–water partition coefficient (Wildman–Crippen LogP) is 2.34. The van der Waals surface area contributed by atoms with E-state index < -0.39 is 30.1 Å². The van der Waals surface area contributed by atoms with Crippen LogP contribution in [0.3, 0.4) is 0 Å². The second-order valence-electron chi connectivity index (χ2n) is 5.54. The number of aromatic hydroxyl groups is 1. The minimum atomic E-state index is -0.844. The zero-order valence-corrected chi connectivity index (χ0v) is 13.9. The lowest BCUT2D eigenvalue weighted by atomic mass is 9.92. The van der Waals surface area contributed by atoms with Crippen LogP contribution in [-0.4, -0.2) is 41.5 Å². The van der Waals surface area contributed by atoms with Gasteiger partial charge in [-0.15, -0.1) is 0 Å². The first-order chi connectivity index (χ1) is 12.1. The Balaban J connectivity index is 2.26. The van der Waals surface area contributed by atoms with Crippen molar-refractivity contribution in [2.24, 2.45) is 0 Å². The molecule has 0 saturated heterocycles. The number of hydrogen-bond donors (Lipinski definition) is 2. The molecule has 2 rings (SSSR count). The van der Waals surface area contributed by atoms with Gasteiger partial charge in [0.15, 0.2) is 11.5 Å². The molecule has 25 heavy (non-hydrogen) atoms. The highest BCUT2D eigenvalue weighted by Gasteiger charge is 2.31. The number of para-hydroxylation sites is 1. The van der Waals surface area contributed by atoms with E-state index in [0.29, 0.717) is 5.56 Å². The molecule has 0 aromatic heterocycles. The molecule has 0 bridgehead atoms. The van der Waals surface area contributed by atoms with Crippen molar-refractivity contribution in [3.63, 3.8) is 0 Å². The van der Waals surface area contributed by atoms with Gasteiger partial charge in [0.2, 0.25) is 6.54 Å². The quantitative estimate of drug-likeness (QED) is 0.533. The second-order valence-corrected chi connectivity index (χ2v) is 5.54. The summed E-state index contributed by atoms with van der Waals surface area (Å²) in [6.07, 6.45) is -0.844. The number of hydrogen-bond acceptors (Lipinski definition) is 6. The van der Waals surface area contributed by atoms with Crippen LogP contribution in [0, 0.1) is 10.1 Å². The monoisotopic (exact) mass is 347 g/mol. The van der Waals surface area contributed by atoms with Crippen molar-refractivity contribution >= 4 is 0 Å². The van der Waals surface area contributed by atoms with Gasteiger partial charge in [0.25, 0.3) is 0 Å². The molecule has 0 radical (unpaired) electrons. The van der Waals surface area contributed by atoms with Crippen LogP contribution in [0.1, 0.15) is 17.0 Å². The average Bonchev–Trinajstić information content (AvgIpc) is 2.62. The summed E-state index contributed by atoms with van der Waals surface area (Å²) in [6, 6.07) is 14.1. The molecule has 7 nitrogen and oxygen atoms in total. The summed E-state index contributed by atoms with van der Waals surface area (Å²) in [5.41, 5.74) is 1.19. The first-order valence-electron chi connectivity index (χ1n) is 7.80. The Bertz CT molecular complexity index is 691. The average molecular weight is 347 g/mol. The third kappa shape index (κ3) is 4.91. The number of ether oxygens (including phenoxy) is 2. The molecule has 2 aromatic rings. The highest BCUT2D eigenvalue weighted by atomic mass is 16.6. The van der Waals surface area contributed by atoms with E-state index in [2.05, 4.69) is 0 Å². The number of phenolic OH excluding ortho intramolecular Hbond substituents is 1. The van der Waals surface area contributed by atoms with Gasteiger partial charge in [0, 0.05) is 10.5 Å². The maximum Gasteiger partial charge on any atom is 0.213 e. The molecule has 0 spiro atoms. The molecule has 134 valence electrons. The number of aliphatic hydroxyl groups is 1. The number of nitro groups is 1. The number of nitrogens with zero attached hydrogens (tertiary/aromatic N) is 1. The molecule has 2 aromatic carbocycles. The fraction of sp³-hybridized carbons (Fsp3) is 0.333. The number of benzene rings is 2. The Labute approximate surface area is 145 Å². The van der Waals surface area contributed by atoms with E-state index in [1.165, 1.54) is 7.11 Å². The first-order valence-corrected chi connectivity index (χ1v) is 7.80. The highest BCUT2D eigenvalue weighted by Crippen LogP contribution is 2.36. The third-order valence-electron chi connectivity index (χ3n) is 3.93. The molecular weight excluding hydrogens is 326 g/mol. The largest absolute Gasteiger partial charge is 0.504 e. The zero-order chi connectivity index (χ0) is 18.2. The lowest BCUT2D eigenvalue weighted by Gasteiger charge is -2.24. The summed E-state index contributed by atoms with van der Waals surface area (Å²) in [7, 11) is 1.40. The van der Waals surface area contributed by atoms with E-state index in [1.807, 2.05) is 30.3 Å². The Hall–Kier alpha value is -2.64. The van der Waals surface area contributed by atoms with Crippen molar-refractivity contribution in [2.75, 3.05) is 20.3 Å². The fourth-order valence-corrected chi connectivity index (χ4v) is 2.65. The standard InChI is InChI=1S/C18H21NO6/c1-24-16-9-5-8-14(18(16)21)15(10-19(22)23)17(11-20)25-12-13-6-3-2-4-7-13/h2-9,15,17,20-21H,10-12H2,1H3/t15-,17+/m0/s1. The molecule has 2 atom stereocenters. The van der Waals surface area contributed by atoms with Crippen molar-refractivity contribution in [1.29, 1.82) is 0 Å². The lowest BCUT2D eigenvalue weighted by Crippen LogP contribution is -2.31. The summed E-state index contributed by atoms with van der Waals surface area (Å²) in [4.78, 5) is 10.6. The lowest BCUT2D eigenvalue weighted by molar-refractivity contribution is -0.485. The first kappa shape index (κ1) is 18.7. The molecule has 2 N–H and O–H groups in total. The van der Waals surface area contributed by atoms with E-state index in [0.717, 1.165) is 5.56 Å². The predicted molar refractivity (Wildman–Crippen MR) is 91.4 cm³/mol. The van der Waals surface area contributed by atoms with Gasteiger partial charge in [0.1, 0.15) is 0 Å². The van der Waals surface area contributed by atoms with E-state index in [1.54, 1.807) is 18.2 Å². The number of methoxy groups -OCH3 is 1. The van der Waals surface area contributed by atoms with Crippen molar-refractivity contribution < 1.29 is 24.6 Å². The van der Waals surface area contributed by atoms with Crippen molar-refractivity contribution in [3.8, 4) is 11.5 Å². The number of phenols is 1. The highest BCUT2D eigenvalue weighted by molar-refractivity contribution is 5.47. The molecule has 0 aliphatic rings. The van der Waals surface area contributed by atoms with Crippen LogP contribution >= 0.6 is 0 Å². The molecule has 0 aliphatic carbocycles. The third-order valence-corrected chi connectivity index (χ3v) is 3.93. The van der Waals surface area contributed by atoms with Crippen LogP contribution in [0.15, 0.2) is 48.5 Å². The van der Waals surface area contributed by atoms with Crippen LogP contribution in [-0.2, 0) is 11.3 Å². The fourth-order valence-electron chi connectivity index (χ4n) is 2.65. The minimum Gasteiger partial charge on any atom is -0.504 e. The van der Waals surface area contributed by atoms with Crippen LogP contribution in [0.2, 0.25) is 0 Å². The minimum absolute atomic E-state index is 0.182. The van der Waals surface area contributed by atoms with Gasteiger partial charge in [-0.2, -0.15) is 0 Å². The Morgan fingerprint density at radius 1 is 1.16 bits per heavy atom. The molecular formula is C18H21NO6. The van der Waals surface area contributed by atoms with Crippen molar-refractivity contribution in [2.45, 2.75) is 18.6 Å². The molecule has 7 heteroatoms. The Kier molecular flexibility index (Phi) is 6.73. The van der Waals surface area contributed by atoms with E-state index in [-0.39, 0.29) is 18.1 Å². The van der Waals surface area contributed by atoms with Gasteiger partial charge >= 0.3 is 0 Å².